The molecule has 26 heavy (non-hydrogen) atoms. The number of nitrogens with one attached hydrogen (secondary N) is 1. The Morgan fingerprint density at radius 2 is 1.77 bits per heavy atom. The Kier molecular flexibility index (Phi) is 6.08. The fourth-order valence-corrected chi connectivity index (χ4v) is 3.80. The molecule has 134 valence electrons. The highest BCUT2D eigenvalue weighted by Crippen LogP contribution is 2.34. The zero-order chi connectivity index (χ0) is 18.4. The van der Waals surface area contributed by atoms with Crippen molar-refractivity contribution in [1.82, 2.24) is 10.2 Å². The van der Waals surface area contributed by atoms with Crippen molar-refractivity contribution in [3.8, 4) is 22.1 Å². The van der Waals surface area contributed by atoms with Crippen molar-refractivity contribution in [2.75, 3.05) is 25.3 Å². The maximum atomic E-state index is 12.0. The number of para-hydroxylation sites is 1. The van der Waals surface area contributed by atoms with Crippen molar-refractivity contribution >= 4 is 34.7 Å². The summed E-state index contributed by atoms with van der Waals surface area (Å²) in [5.41, 5.74) is 1.64. The molecule has 0 saturated heterocycles. The molecule has 0 aliphatic rings. The van der Waals surface area contributed by atoms with Crippen molar-refractivity contribution in [1.29, 1.82) is 0 Å². The summed E-state index contributed by atoms with van der Waals surface area (Å²) in [4.78, 5) is 12.0. The summed E-state index contributed by atoms with van der Waals surface area (Å²) < 4.78 is 11.3. The van der Waals surface area contributed by atoms with E-state index in [9.17, 15) is 4.79 Å². The Bertz CT molecular complexity index is 862. The van der Waals surface area contributed by atoms with E-state index in [1.165, 1.54) is 23.1 Å². The van der Waals surface area contributed by atoms with E-state index in [0.29, 0.717) is 11.5 Å². The van der Waals surface area contributed by atoms with Gasteiger partial charge in [-0.3, -0.25) is 4.79 Å². The van der Waals surface area contributed by atoms with Gasteiger partial charge in [0.1, 0.15) is 16.5 Å². The van der Waals surface area contributed by atoms with Crippen molar-refractivity contribution in [2.24, 2.45) is 0 Å². The third-order valence-electron chi connectivity index (χ3n) is 3.39. The van der Waals surface area contributed by atoms with E-state index in [-0.39, 0.29) is 11.7 Å². The maximum Gasteiger partial charge on any atom is 0.234 e. The predicted octanol–water partition coefficient (Wildman–Crippen LogP) is 3.95. The first kappa shape index (κ1) is 18.2. The Labute approximate surface area is 159 Å². The van der Waals surface area contributed by atoms with E-state index in [1.807, 2.05) is 42.5 Å². The van der Waals surface area contributed by atoms with Crippen LogP contribution in [0.3, 0.4) is 0 Å². The van der Waals surface area contributed by atoms with Gasteiger partial charge in [0.25, 0.3) is 0 Å². The molecule has 0 radical (unpaired) electrons. The number of rotatable bonds is 7. The molecule has 6 nitrogen and oxygen atoms in total. The number of amides is 1. The van der Waals surface area contributed by atoms with E-state index in [1.54, 1.807) is 20.3 Å². The molecule has 1 N–H and O–H groups in total. The van der Waals surface area contributed by atoms with Crippen molar-refractivity contribution in [3.05, 3.63) is 48.5 Å². The zero-order valence-corrected chi connectivity index (χ0v) is 15.9. The van der Waals surface area contributed by atoms with Crippen LogP contribution in [0.2, 0.25) is 0 Å². The van der Waals surface area contributed by atoms with Gasteiger partial charge in [-0.05, 0) is 24.3 Å². The largest absolute Gasteiger partial charge is 0.497 e. The number of carbonyl (C=O) groups excluding carboxylic acids is 1. The predicted molar refractivity (Wildman–Crippen MR) is 104 cm³/mol. The highest BCUT2D eigenvalue weighted by Gasteiger charge is 2.12. The molecule has 1 aromatic heterocycles. The summed E-state index contributed by atoms with van der Waals surface area (Å²) in [5.74, 6) is 1.56. The molecular formula is C18H17N3O3S2. The van der Waals surface area contributed by atoms with E-state index in [0.717, 1.165) is 20.6 Å². The summed E-state index contributed by atoms with van der Waals surface area (Å²) in [5, 5.41) is 11.9. The minimum Gasteiger partial charge on any atom is -0.497 e. The molecule has 0 spiro atoms. The molecule has 1 heterocycles. The van der Waals surface area contributed by atoms with Crippen LogP contribution in [0.15, 0.2) is 52.9 Å². The van der Waals surface area contributed by atoms with Crippen molar-refractivity contribution in [2.45, 2.75) is 4.34 Å². The number of benzene rings is 2. The number of ether oxygens (including phenoxy) is 2. The van der Waals surface area contributed by atoms with Gasteiger partial charge in [-0.2, -0.15) is 0 Å². The van der Waals surface area contributed by atoms with Crippen LogP contribution in [-0.4, -0.2) is 36.1 Å². The first-order valence-electron chi connectivity index (χ1n) is 7.72. The maximum absolute atomic E-state index is 12.0. The molecule has 8 heteroatoms. The third-order valence-corrected chi connectivity index (χ3v) is 5.49. The van der Waals surface area contributed by atoms with E-state index in [2.05, 4.69) is 15.5 Å². The minimum absolute atomic E-state index is 0.0824. The molecule has 0 unspecified atom stereocenters. The van der Waals surface area contributed by atoms with Crippen LogP contribution in [0.25, 0.3) is 10.6 Å². The normalized spacial score (nSPS) is 10.4. The monoisotopic (exact) mass is 387 g/mol. The standard InChI is InChI=1S/C18H17N3O3S2/c1-23-14-8-12(9-15(10-14)24-2)17-20-21-18(26-17)25-11-16(22)19-13-6-4-3-5-7-13/h3-10H,11H2,1-2H3,(H,19,22). The van der Waals surface area contributed by atoms with Crippen LogP contribution < -0.4 is 14.8 Å². The lowest BCUT2D eigenvalue weighted by Gasteiger charge is -2.06. The Balaban J connectivity index is 1.64. The molecule has 0 aliphatic heterocycles. The Morgan fingerprint density at radius 3 is 2.42 bits per heavy atom. The minimum atomic E-state index is -0.0824. The molecule has 0 saturated carbocycles. The molecule has 2 aromatic carbocycles. The van der Waals surface area contributed by atoms with Crippen molar-refractivity contribution < 1.29 is 14.3 Å². The number of nitrogens with zero attached hydrogens (tertiary/aromatic N) is 2. The van der Waals surface area contributed by atoms with Gasteiger partial charge >= 0.3 is 0 Å². The number of anilines is 1. The topological polar surface area (TPSA) is 73.3 Å². The molecule has 0 fully saturated rings. The Morgan fingerprint density at radius 1 is 1.08 bits per heavy atom. The van der Waals surface area contributed by atoms with Gasteiger partial charge in [0.05, 0.1) is 20.0 Å². The summed E-state index contributed by atoms with van der Waals surface area (Å²) in [7, 11) is 3.20. The quantitative estimate of drug-likeness (QED) is 0.619. The fraction of sp³-hybridized carbons (Fsp3) is 0.167. The number of carbonyl (C=O) groups is 1. The highest BCUT2D eigenvalue weighted by molar-refractivity contribution is 8.01. The first-order valence-corrected chi connectivity index (χ1v) is 9.53. The van der Waals surface area contributed by atoms with Crippen LogP contribution in [0.1, 0.15) is 0 Å². The van der Waals surface area contributed by atoms with Gasteiger partial charge in [0.2, 0.25) is 5.91 Å². The molecule has 1 amide bonds. The first-order chi connectivity index (χ1) is 12.7. The van der Waals surface area contributed by atoms with Crippen LogP contribution >= 0.6 is 23.1 Å². The van der Waals surface area contributed by atoms with Crippen LogP contribution in [0, 0.1) is 0 Å². The molecular weight excluding hydrogens is 370 g/mol. The second-order valence-corrected chi connectivity index (χ2v) is 7.38. The van der Waals surface area contributed by atoms with Crippen molar-refractivity contribution in [3.63, 3.8) is 0 Å². The SMILES string of the molecule is COc1cc(OC)cc(-c2nnc(SCC(=O)Nc3ccccc3)s2)c1. The number of hydrogen-bond acceptors (Lipinski definition) is 7. The van der Waals surface area contributed by atoms with Crippen LogP contribution in [-0.2, 0) is 4.79 Å². The average Bonchev–Trinajstić information content (AvgIpc) is 3.16. The number of aromatic nitrogens is 2. The number of methoxy groups -OCH3 is 2. The zero-order valence-electron chi connectivity index (χ0n) is 14.3. The lowest BCUT2D eigenvalue weighted by Crippen LogP contribution is -2.13. The van der Waals surface area contributed by atoms with E-state index >= 15 is 0 Å². The van der Waals surface area contributed by atoms with Crippen LogP contribution in [0.4, 0.5) is 5.69 Å². The summed E-state index contributed by atoms with van der Waals surface area (Å²) >= 11 is 2.78. The molecule has 0 aliphatic carbocycles. The summed E-state index contributed by atoms with van der Waals surface area (Å²) in [6.45, 7) is 0. The lowest BCUT2D eigenvalue weighted by molar-refractivity contribution is -0.113. The van der Waals surface area contributed by atoms with E-state index < -0.39 is 0 Å². The smallest absolute Gasteiger partial charge is 0.234 e. The van der Waals surface area contributed by atoms with Gasteiger partial charge < -0.3 is 14.8 Å². The second kappa shape index (κ2) is 8.68. The fourth-order valence-electron chi connectivity index (χ4n) is 2.16. The molecule has 0 atom stereocenters. The van der Waals surface area contributed by atoms with Gasteiger partial charge in [-0.1, -0.05) is 41.3 Å². The van der Waals surface area contributed by atoms with Gasteiger partial charge in [-0.15, -0.1) is 10.2 Å². The van der Waals surface area contributed by atoms with Gasteiger partial charge in [0.15, 0.2) is 4.34 Å². The molecule has 0 bridgehead atoms. The highest BCUT2D eigenvalue weighted by atomic mass is 32.2. The Hall–Kier alpha value is -2.58. The summed E-state index contributed by atoms with van der Waals surface area (Å²) in [6.07, 6.45) is 0. The van der Waals surface area contributed by atoms with E-state index in [4.69, 9.17) is 9.47 Å². The number of hydrogen-bond donors (Lipinski definition) is 1. The summed E-state index contributed by atoms with van der Waals surface area (Å²) in [6, 6.07) is 14.9. The lowest BCUT2D eigenvalue weighted by atomic mass is 10.2. The van der Waals surface area contributed by atoms with Gasteiger partial charge in [0, 0.05) is 17.3 Å². The molecule has 3 aromatic rings. The molecule has 3 rings (SSSR count). The average molecular weight is 387 g/mol. The number of thioether (sulfide) groups is 1. The second-order valence-electron chi connectivity index (χ2n) is 5.18. The van der Waals surface area contributed by atoms with Gasteiger partial charge in [-0.25, -0.2) is 0 Å². The van der Waals surface area contributed by atoms with Crippen LogP contribution in [0.5, 0.6) is 11.5 Å². The third kappa shape index (κ3) is 4.74.